The minimum Gasteiger partial charge on any atom is -0.308 e. The summed E-state index contributed by atoms with van der Waals surface area (Å²) in [5, 5.41) is 3.80. The number of aryl methyl sites for hydroxylation is 1. The van der Waals surface area contributed by atoms with E-state index in [0.29, 0.717) is 6.04 Å². The normalized spacial score (nSPS) is 21.7. The zero-order valence-electron chi connectivity index (χ0n) is 12.1. The molecule has 2 heteroatoms. The quantitative estimate of drug-likeness (QED) is 0.843. The zero-order valence-corrected chi connectivity index (χ0v) is 12.1. The molecule has 3 rings (SSSR count). The van der Waals surface area contributed by atoms with Crippen LogP contribution in [0.5, 0.6) is 0 Å². The lowest BCUT2D eigenvalue weighted by Gasteiger charge is -2.21. The Morgan fingerprint density at radius 3 is 2.47 bits per heavy atom. The first kappa shape index (κ1) is 13.1. The van der Waals surface area contributed by atoms with Gasteiger partial charge in [0.25, 0.3) is 0 Å². The molecule has 1 saturated heterocycles. The Kier molecular flexibility index (Phi) is 4.19. The van der Waals surface area contributed by atoms with E-state index in [1.165, 1.54) is 56.4 Å². The third kappa shape index (κ3) is 3.58. The smallest absolute Gasteiger partial charge is 0.0349 e. The topological polar surface area (TPSA) is 15.3 Å². The summed E-state index contributed by atoms with van der Waals surface area (Å²) in [6.07, 6.45) is 5.58. The van der Waals surface area contributed by atoms with Crippen LogP contribution in [-0.2, 0) is 0 Å². The van der Waals surface area contributed by atoms with Crippen LogP contribution in [0.1, 0.15) is 42.9 Å². The van der Waals surface area contributed by atoms with Crippen molar-refractivity contribution < 1.29 is 0 Å². The Morgan fingerprint density at radius 1 is 1.16 bits per heavy atom. The third-order valence-electron chi connectivity index (χ3n) is 4.52. The lowest BCUT2D eigenvalue weighted by Crippen LogP contribution is -2.33. The Hall–Kier alpha value is -0.860. The second-order valence-corrected chi connectivity index (χ2v) is 6.23. The van der Waals surface area contributed by atoms with Crippen molar-refractivity contribution in [2.75, 3.05) is 26.2 Å². The van der Waals surface area contributed by atoms with E-state index in [4.69, 9.17) is 0 Å². The number of rotatable bonds is 6. The van der Waals surface area contributed by atoms with Gasteiger partial charge in [-0.1, -0.05) is 29.8 Å². The molecule has 2 aliphatic rings. The van der Waals surface area contributed by atoms with Gasteiger partial charge in [0.15, 0.2) is 0 Å². The van der Waals surface area contributed by atoms with Crippen LogP contribution < -0.4 is 5.32 Å². The van der Waals surface area contributed by atoms with Gasteiger partial charge in [0.2, 0.25) is 0 Å². The van der Waals surface area contributed by atoms with Crippen molar-refractivity contribution >= 4 is 0 Å². The molecule has 0 aromatic heterocycles. The Balaban J connectivity index is 1.53. The molecule has 1 aromatic rings. The van der Waals surface area contributed by atoms with Crippen LogP contribution in [0.2, 0.25) is 0 Å². The summed E-state index contributed by atoms with van der Waals surface area (Å²) in [6.45, 7) is 7.13. The lowest BCUT2D eigenvalue weighted by atomic mass is 10.0. The Labute approximate surface area is 117 Å². The molecule has 1 N–H and O–H groups in total. The summed E-state index contributed by atoms with van der Waals surface area (Å²) in [5.74, 6) is 0.876. The van der Waals surface area contributed by atoms with Gasteiger partial charge in [0.1, 0.15) is 0 Å². The molecule has 104 valence electrons. The van der Waals surface area contributed by atoms with E-state index in [-0.39, 0.29) is 0 Å². The fourth-order valence-corrected chi connectivity index (χ4v) is 3.14. The van der Waals surface area contributed by atoms with Gasteiger partial charge in [-0.2, -0.15) is 0 Å². The number of hydrogen-bond donors (Lipinski definition) is 1. The van der Waals surface area contributed by atoms with E-state index in [0.717, 1.165) is 12.5 Å². The fourth-order valence-electron chi connectivity index (χ4n) is 3.14. The van der Waals surface area contributed by atoms with E-state index < -0.39 is 0 Å². The van der Waals surface area contributed by atoms with Gasteiger partial charge in [-0.25, -0.2) is 0 Å². The highest BCUT2D eigenvalue weighted by molar-refractivity contribution is 5.25. The first-order valence-electron chi connectivity index (χ1n) is 7.85. The van der Waals surface area contributed by atoms with Crippen LogP contribution in [0.4, 0.5) is 0 Å². The molecule has 1 aliphatic carbocycles. The summed E-state index contributed by atoms with van der Waals surface area (Å²) < 4.78 is 0. The van der Waals surface area contributed by atoms with Gasteiger partial charge in [0.05, 0.1) is 0 Å². The van der Waals surface area contributed by atoms with Crippen LogP contribution in [0.25, 0.3) is 0 Å². The number of hydrogen-bond acceptors (Lipinski definition) is 2. The van der Waals surface area contributed by atoms with Gasteiger partial charge in [-0.05, 0) is 57.2 Å². The van der Waals surface area contributed by atoms with E-state index in [1.807, 2.05) is 0 Å². The zero-order chi connectivity index (χ0) is 13.1. The molecular formula is C17H26N2. The SMILES string of the molecule is Cc1ccc(C(NCCN2CCCC2)C2CC2)cc1. The second-order valence-electron chi connectivity index (χ2n) is 6.23. The van der Waals surface area contributed by atoms with Gasteiger partial charge in [-0.15, -0.1) is 0 Å². The van der Waals surface area contributed by atoms with Gasteiger partial charge in [0, 0.05) is 19.1 Å². The maximum Gasteiger partial charge on any atom is 0.0349 e. The highest BCUT2D eigenvalue weighted by Crippen LogP contribution is 2.40. The maximum atomic E-state index is 3.80. The van der Waals surface area contributed by atoms with E-state index >= 15 is 0 Å². The molecule has 1 heterocycles. The van der Waals surface area contributed by atoms with Crippen LogP contribution in [0.3, 0.4) is 0 Å². The van der Waals surface area contributed by atoms with Gasteiger partial charge in [-0.3, -0.25) is 0 Å². The highest BCUT2D eigenvalue weighted by Gasteiger charge is 2.31. The fraction of sp³-hybridized carbons (Fsp3) is 0.647. The summed E-state index contributed by atoms with van der Waals surface area (Å²) in [4.78, 5) is 2.59. The molecule has 1 saturated carbocycles. The first-order chi connectivity index (χ1) is 9.33. The van der Waals surface area contributed by atoms with Crippen molar-refractivity contribution in [3.63, 3.8) is 0 Å². The Bertz CT molecular complexity index is 388. The van der Waals surface area contributed by atoms with Crippen LogP contribution in [0.15, 0.2) is 24.3 Å². The van der Waals surface area contributed by atoms with Gasteiger partial charge < -0.3 is 10.2 Å². The minimum atomic E-state index is 0.586. The molecular weight excluding hydrogens is 232 g/mol. The van der Waals surface area contributed by atoms with Crippen molar-refractivity contribution in [3.05, 3.63) is 35.4 Å². The molecule has 0 radical (unpaired) electrons. The van der Waals surface area contributed by atoms with Crippen LogP contribution in [0, 0.1) is 12.8 Å². The van der Waals surface area contributed by atoms with E-state index in [2.05, 4.69) is 41.4 Å². The van der Waals surface area contributed by atoms with Crippen molar-refractivity contribution in [1.82, 2.24) is 10.2 Å². The number of nitrogens with zero attached hydrogens (tertiary/aromatic N) is 1. The second kappa shape index (κ2) is 6.06. The predicted molar refractivity (Wildman–Crippen MR) is 80.3 cm³/mol. The Morgan fingerprint density at radius 2 is 1.84 bits per heavy atom. The molecule has 1 unspecified atom stereocenters. The largest absolute Gasteiger partial charge is 0.308 e. The number of benzene rings is 1. The van der Waals surface area contributed by atoms with E-state index in [9.17, 15) is 0 Å². The maximum absolute atomic E-state index is 3.80. The molecule has 1 atom stereocenters. The average Bonchev–Trinajstić information content (AvgIpc) is 3.13. The van der Waals surface area contributed by atoms with Crippen molar-refractivity contribution in [3.8, 4) is 0 Å². The molecule has 0 bridgehead atoms. The summed E-state index contributed by atoms with van der Waals surface area (Å²) in [6, 6.07) is 9.69. The predicted octanol–water partition coefficient (Wildman–Crippen LogP) is 3.13. The molecule has 2 fully saturated rings. The van der Waals surface area contributed by atoms with Crippen molar-refractivity contribution in [2.24, 2.45) is 5.92 Å². The monoisotopic (exact) mass is 258 g/mol. The molecule has 0 amide bonds. The molecule has 1 aromatic carbocycles. The lowest BCUT2D eigenvalue weighted by molar-refractivity contribution is 0.323. The minimum absolute atomic E-state index is 0.586. The summed E-state index contributed by atoms with van der Waals surface area (Å²) >= 11 is 0. The van der Waals surface area contributed by atoms with E-state index in [1.54, 1.807) is 0 Å². The van der Waals surface area contributed by atoms with Crippen LogP contribution in [-0.4, -0.2) is 31.1 Å². The van der Waals surface area contributed by atoms with Gasteiger partial charge >= 0.3 is 0 Å². The molecule has 2 nitrogen and oxygen atoms in total. The average molecular weight is 258 g/mol. The summed E-state index contributed by atoms with van der Waals surface area (Å²) in [5.41, 5.74) is 2.84. The van der Waals surface area contributed by atoms with Crippen molar-refractivity contribution in [1.29, 1.82) is 0 Å². The third-order valence-corrected chi connectivity index (χ3v) is 4.52. The number of nitrogens with one attached hydrogen (secondary N) is 1. The summed E-state index contributed by atoms with van der Waals surface area (Å²) in [7, 11) is 0. The standard InChI is InChI=1S/C17H26N2/c1-14-4-6-15(7-5-14)17(16-8-9-16)18-10-13-19-11-2-3-12-19/h4-7,16-18H,2-3,8-13H2,1H3. The molecule has 1 aliphatic heterocycles. The molecule has 19 heavy (non-hydrogen) atoms. The van der Waals surface area contributed by atoms with Crippen molar-refractivity contribution in [2.45, 2.75) is 38.6 Å². The number of likely N-dealkylation sites (tertiary alicyclic amines) is 1. The van der Waals surface area contributed by atoms with Crippen LogP contribution >= 0.6 is 0 Å². The highest BCUT2D eigenvalue weighted by atomic mass is 15.2. The molecule has 0 spiro atoms. The first-order valence-corrected chi connectivity index (χ1v) is 7.85.